The van der Waals surface area contributed by atoms with Crippen LogP contribution in [0.15, 0.2) is 0 Å². The molecule has 0 aromatic carbocycles. The van der Waals surface area contributed by atoms with E-state index in [-0.39, 0.29) is 0 Å². The smallest absolute Gasteiger partial charge is 0.0964 e. The molecule has 0 radical (unpaired) electrons. The van der Waals surface area contributed by atoms with Crippen molar-refractivity contribution in [2.75, 3.05) is 0 Å². The molecule has 0 aromatic rings. The molecule has 0 amide bonds. The molecule has 0 aliphatic heterocycles. The highest BCUT2D eigenvalue weighted by atomic mass is 80.0. The molecular formula is C2H5Br3Si. The van der Waals surface area contributed by atoms with Gasteiger partial charge in [0.1, 0.15) is 0 Å². The highest BCUT2D eigenvalue weighted by molar-refractivity contribution is 9.72. The lowest BCUT2D eigenvalue weighted by Gasteiger charge is -2.00. The minimum atomic E-state index is -1.19. The van der Waals surface area contributed by atoms with E-state index >= 15 is 0 Å². The quantitative estimate of drug-likeness (QED) is 0.515. The molecule has 0 nitrogen and oxygen atoms in total. The van der Waals surface area contributed by atoms with Crippen LogP contribution in [0, 0.1) is 0 Å². The average Bonchev–Trinajstić information content (AvgIpc) is 1.35. The lowest BCUT2D eigenvalue weighted by Crippen LogP contribution is -2.00. The van der Waals surface area contributed by atoms with Gasteiger partial charge in [0.25, 0.3) is 3.93 Å². The molecule has 0 saturated heterocycles. The number of hydrogen-bond donors (Lipinski definition) is 0. The van der Waals surface area contributed by atoms with Crippen molar-refractivity contribution in [1.82, 2.24) is 0 Å². The SMILES string of the molecule is CC[Si](Br)(Br)Br. The maximum atomic E-state index is 3.45. The highest BCUT2D eigenvalue weighted by Crippen LogP contribution is 2.30. The number of hydrogen-bond acceptors (Lipinski definition) is 0. The first kappa shape index (κ1) is 7.66. The van der Waals surface area contributed by atoms with Gasteiger partial charge >= 0.3 is 0 Å². The topological polar surface area (TPSA) is 0 Å². The van der Waals surface area contributed by atoms with Crippen LogP contribution in [-0.4, -0.2) is 3.93 Å². The normalized spacial score (nSPS) is 12.0. The molecule has 0 unspecified atom stereocenters. The van der Waals surface area contributed by atoms with Crippen LogP contribution in [0.1, 0.15) is 6.92 Å². The standard InChI is InChI=1S/C2H5Br3Si/c1-2-6(3,4)5/h2H2,1H3. The maximum Gasteiger partial charge on any atom is 0.267 e. The second-order valence-electron chi connectivity index (χ2n) is 0.969. The van der Waals surface area contributed by atoms with Gasteiger partial charge in [0.05, 0.1) is 0 Å². The first-order valence-corrected chi connectivity index (χ1v) is 10.6. The Bertz CT molecular complexity index is 38.5. The Hall–Kier alpha value is 1.66. The van der Waals surface area contributed by atoms with Crippen molar-refractivity contribution in [3.05, 3.63) is 0 Å². The lowest BCUT2D eigenvalue weighted by molar-refractivity contribution is 1.47. The third-order valence-electron chi connectivity index (χ3n) is 0.401. The second kappa shape index (κ2) is 2.84. The summed E-state index contributed by atoms with van der Waals surface area (Å²) in [6.07, 6.45) is 0. The van der Waals surface area contributed by atoms with Gasteiger partial charge in [-0.05, 0) is 6.04 Å². The fraction of sp³-hybridized carbons (Fsp3) is 1.00. The minimum absolute atomic E-state index is 1.16. The van der Waals surface area contributed by atoms with E-state index in [1.54, 1.807) is 0 Å². The van der Waals surface area contributed by atoms with Crippen molar-refractivity contribution in [1.29, 1.82) is 0 Å². The molecule has 0 N–H and O–H groups in total. The van der Waals surface area contributed by atoms with Crippen molar-refractivity contribution in [2.45, 2.75) is 13.0 Å². The van der Waals surface area contributed by atoms with E-state index in [1.807, 2.05) is 0 Å². The van der Waals surface area contributed by atoms with Crippen LogP contribution >= 0.6 is 45.9 Å². The van der Waals surface area contributed by atoms with Gasteiger partial charge in [-0.2, -0.15) is 0 Å². The van der Waals surface area contributed by atoms with Crippen LogP contribution in [0.3, 0.4) is 0 Å². The summed E-state index contributed by atoms with van der Waals surface area (Å²) in [7, 11) is 0. The molecule has 0 aliphatic carbocycles. The van der Waals surface area contributed by atoms with Crippen molar-refractivity contribution in [3.8, 4) is 0 Å². The Balaban J connectivity index is 3.17. The minimum Gasteiger partial charge on any atom is -0.0964 e. The summed E-state index contributed by atoms with van der Waals surface area (Å²) in [4.78, 5) is 0. The van der Waals surface area contributed by atoms with E-state index in [0.717, 1.165) is 6.04 Å². The van der Waals surface area contributed by atoms with E-state index < -0.39 is 3.93 Å². The van der Waals surface area contributed by atoms with Crippen molar-refractivity contribution >= 4 is 49.8 Å². The van der Waals surface area contributed by atoms with Gasteiger partial charge in [0.15, 0.2) is 0 Å². The summed E-state index contributed by atoms with van der Waals surface area (Å²) in [6, 6.07) is 1.16. The molecule has 0 bridgehead atoms. The van der Waals surface area contributed by atoms with Crippen molar-refractivity contribution in [2.24, 2.45) is 0 Å². The van der Waals surface area contributed by atoms with E-state index in [4.69, 9.17) is 0 Å². The Labute approximate surface area is 62.4 Å². The summed E-state index contributed by atoms with van der Waals surface area (Å²) in [5.74, 6) is 0. The summed E-state index contributed by atoms with van der Waals surface area (Å²) in [5.41, 5.74) is 0. The van der Waals surface area contributed by atoms with Gasteiger partial charge in [0, 0.05) is 0 Å². The van der Waals surface area contributed by atoms with Gasteiger partial charge in [-0.1, -0.05) is 52.8 Å². The van der Waals surface area contributed by atoms with Crippen LogP contribution in [0.5, 0.6) is 0 Å². The van der Waals surface area contributed by atoms with E-state index in [9.17, 15) is 0 Å². The summed E-state index contributed by atoms with van der Waals surface area (Å²) < 4.78 is -1.19. The van der Waals surface area contributed by atoms with Gasteiger partial charge < -0.3 is 0 Å². The molecule has 4 heteroatoms. The highest BCUT2D eigenvalue weighted by Gasteiger charge is 2.17. The molecule has 0 spiro atoms. The zero-order chi connectivity index (χ0) is 5.21. The van der Waals surface area contributed by atoms with Crippen LogP contribution < -0.4 is 0 Å². The molecule has 0 aliphatic rings. The zero-order valence-electron chi connectivity index (χ0n) is 3.34. The Morgan fingerprint density at radius 2 is 1.50 bits per heavy atom. The third-order valence-corrected chi connectivity index (χ3v) is 6.25. The number of rotatable bonds is 1. The molecule has 0 fully saturated rings. The summed E-state index contributed by atoms with van der Waals surface area (Å²) >= 11 is 10.3. The first-order valence-electron chi connectivity index (χ1n) is 1.63. The molecule has 38 valence electrons. The zero-order valence-corrected chi connectivity index (χ0v) is 9.10. The molecule has 0 heterocycles. The van der Waals surface area contributed by atoms with Gasteiger partial charge in [-0.25, -0.2) is 0 Å². The second-order valence-corrected chi connectivity index (χ2v) is 24.7. The van der Waals surface area contributed by atoms with Crippen LogP contribution in [-0.2, 0) is 0 Å². The van der Waals surface area contributed by atoms with Crippen LogP contribution in [0.4, 0.5) is 0 Å². The Morgan fingerprint density at radius 1 is 1.33 bits per heavy atom. The monoisotopic (exact) mass is 294 g/mol. The summed E-state index contributed by atoms with van der Waals surface area (Å²) in [5, 5.41) is 0. The molecule has 0 saturated carbocycles. The summed E-state index contributed by atoms with van der Waals surface area (Å²) in [6.45, 7) is 2.13. The van der Waals surface area contributed by atoms with E-state index in [0.29, 0.717) is 0 Å². The van der Waals surface area contributed by atoms with Crippen molar-refractivity contribution < 1.29 is 0 Å². The van der Waals surface area contributed by atoms with E-state index in [2.05, 4.69) is 52.8 Å². The largest absolute Gasteiger partial charge is 0.267 e. The van der Waals surface area contributed by atoms with E-state index in [1.165, 1.54) is 0 Å². The fourth-order valence-electron chi connectivity index (χ4n) is 0. The molecule has 0 rings (SSSR count). The lowest BCUT2D eigenvalue weighted by atomic mass is 11.0. The molecule has 0 atom stereocenters. The average molecular weight is 297 g/mol. The predicted molar refractivity (Wildman–Crippen MR) is 43.0 cm³/mol. The predicted octanol–water partition coefficient (Wildman–Crippen LogP) is 3.13. The fourth-order valence-corrected chi connectivity index (χ4v) is 0. The maximum absolute atomic E-state index is 3.45. The molecule has 0 aromatic heterocycles. The van der Waals surface area contributed by atoms with Crippen molar-refractivity contribution in [3.63, 3.8) is 0 Å². The first-order chi connectivity index (χ1) is 2.56. The molecular weight excluding hydrogens is 292 g/mol. The van der Waals surface area contributed by atoms with Crippen LogP contribution in [0.2, 0.25) is 6.04 Å². The van der Waals surface area contributed by atoms with Crippen LogP contribution in [0.25, 0.3) is 0 Å². The number of halogens is 3. The molecule has 6 heavy (non-hydrogen) atoms. The van der Waals surface area contributed by atoms with Gasteiger partial charge in [0.2, 0.25) is 0 Å². The van der Waals surface area contributed by atoms with Gasteiger partial charge in [-0.3, -0.25) is 0 Å². The van der Waals surface area contributed by atoms with Gasteiger partial charge in [-0.15, -0.1) is 0 Å². The third kappa shape index (κ3) is 5.66. The Kier molecular flexibility index (Phi) is 3.63. The Morgan fingerprint density at radius 3 is 1.50 bits per heavy atom.